The molecule has 0 saturated heterocycles. The lowest BCUT2D eigenvalue weighted by Gasteiger charge is -1.99. The van der Waals surface area contributed by atoms with Crippen LogP contribution in [0.2, 0.25) is 5.15 Å². The second kappa shape index (κ2) is 3.59. The molecule has 0 aliphatic heterocycles. The summed E-state index contributed by atoms with van der Waals surface area (Å²) in [4.78, 5) is 22.1. The lowest BCUT2D eigenvalue weighted by molar-refractivity contribution is 0.975. The Morgan fingerprint density at radius 2 is 2.36 bits per heavy atom. The SMILES string of the molecule is CSc1nc2cc(Cl)ncc2c(=O)[nH]1. The molecule has 6 heteroatoms. The second-order valence-electron chi connectivity index (χ2n) is 2.60. The molecule has 0 spiro atoms. The zero-order valence-corrected chi connectivity index (χ0v) is 8.82. The Hall–Kier alpha value is -1.07. The van der Waals surface area contributed by atoms with Crippen LogP contribution in [0, 0.1) is 0 Å². The van der Waals surface area contributed by atoms with Gasteiger partial charge in [-0.2, -0.15) is 0 Å². The van der Waals surface area contributed by atoms with Crippen LogP contribution in [0.1, 0.15) is 0 Å². The van der Waals surface area contributed by atoms with Crippen LogP contribution in [0.5, 0.6) is 0 Å². The van der Waals surface area contributed by atoms with Crippen LogP contribution in [0.15, 0.2) is 22.2 Å². The summed E-state index contributed by atoms with van der Waals surface area (Å²) < 4.78 is 0. The number of aromatic nitrogens is 3. The predicted octanol–water partition coefficient (Wildman–Crippen LogP) is 1.69. The molecule has 0 bridgehead atoms. The van der Waals surface area contributed by atoms with Gasteiger partial charge in [0.05, 0.1) is 10.9 Å². The molecule has 2 rings (SSSR count). The van der Waals surface area contributed by atoms with Gasteiger partial charge in [-0.3, -0.25) is 4.79 Å². The summed E-state index contributed by atoms with van der Waals surface area (Å²) in [6.07, 6.45) is 3.26. The number of rotatable bonds is 1. The van der Waals surface area contributed by atoms with Crippen molar-refractivity contribution in [2.24, 2.45) is 0 Å². The number of nitrogens with zero attached hydrogens (tertiary/aromatic N) is 2. The van der Waals surface area contributed by atoms with E-state index in [0.29, 0.717) is 21.2 Å². The normalized spacial score (nSPS) is 10.7. The van der Waals surface area contributed by atoms with Crippen LogP contribution >= 0.6 is 23.4 Å². The van der Waals surface area contributed by atoms with Gasteiger partial charge in [0.2, 0.25) is 0 Å². The quantitative estimate of drug-likeness (QED) is 0.458. The van der Waals surface area contributed by atoms with E-state index in [0.717, 1.165) is 0 Å². The van der Waals surface area contributed by atoms with Crippen molar-refractivity contribution in [3.05, 3.63) is 27.8 Å². The first kappa shape index (κ1) is 9.48. The number of aromatic amines is 1. The van der Waals surface area contributed by atoms with E-state index in [9.17, 15) is 4.79 Å². The van der Waals surface area contributed by atoms with Gasteiger partial charge >= 0.3 is 0 Å². The highest BCUT2D eigenvalue weighted by molar-refractivity contribution is 7.98. The maximum absolute atomic E-state index is 11.5. The van der Waals surface area contributed by atoms with Crippen molar-refractivity contribution >= 4 is 34.3 Å². The molecule has 0 aromatic carbocycles. The van der Waals surface area contributed by atoms with E-state index in [4.69, 9.17) is 11.6 Å². The third kappa shape index (κ3) is 1.60. The third-order valence-electron chi connectivity index (χ3n) is 1.73. The van der Waals surface area contributed by atoms with Gasteiger partial charge in [0.15, 0.2) is 5.16 Å². The fraction of sp³-hybridized carbons (Fsp3) is 0.125. The largest absolute Gasteiger partial charge is 0.301 e. The van der Waals surface area contributed by atoms with Crippen molar-refractivity contribution < 1.29 is 0 Å². The summed E-state index contributed by atoms with van der Waals surface area (Å²) in [7, 11) is 0. The minimum absolute atomic E-state index is 0.191. The Morgan fingerprint density at radius 1 is 1.57 bits per heavy atom. The maximum atomic E-state index is 11.5. The molecule has 2 heterocycles. The van der Waals surface area contributed by atoms with Crippen molar-refractivity contribution in [3.8, 4) is 0 Å². The van der Waals surface area contributed by atoms with Crippen LogP contribution < -0.4 is 5.56 Å². The van der Waals surface area contributed by atoms with Crippen molar-refractivity contribution in [3.63, 3.8) is 0 Å². The summed E-state index contributed by atoms with van der Waals surface area (Å²) >= 11 is 7.07. The molecule has 0 radical (unpaired) electrons. The number of halogens is 1. The molecular weight excluding hydrogens is 222 g/mol. The van der Waals surface area contributed by atoms with Crippen molar-refractivity contribution in [2.75, 3.05) is 6.26 Å². The highest BCUT2D eigenvalue weighted by Crippen LogP contribution is 2.14. The van der Waals surface area contributed by atoms with E-state index in [1.165, 1.54) is 18.0 Å². The maximum Gasteiger partial charge on any atom is 0.260 e. The van der Waals surface area contributed by atoms with Gasteiger partial charge in [-0.15, -0.1) is 0 Å². The molecule has 0 unspecified atom stereocenters. The number of thioether (sulfide) groups is 1. The number of hydrogen-bond donors (Lipinski definition) is 1. The Kier molecular flexibility index (Phi) is 2.43. The lowest BCUT2D eigenvalue weighted by Crippen LogP contribution is -2.09. The van der Waals surface area contributed by atoms with Gasteiger partial charge in [0, 0.05) is 12.3 Å². The van der Waals surface area contributed by atoms with E-state index in [1.54, 1.807) is 6.07 Å². The number of H-pyrrole nitrogens is 1. The summed E-state index contributed by atoms with van der Waals surface area (Å²) in [5.74, 6) is 0. The number of hydrogen-bond acceptors (Lipinski definition) is 4. The fourth-order valence-electron chi connectivity index (χ4n) is 1.09. The zero-order chi connectivity index (χ0) is 10.1. The third-order valence-corrected chi connectivity index (χ3v) is 2.52. The van der Waals surface area contributed by atoms with E-state index < -0.39 is 0 Å². The first-order valence-electron chi connectivity index (χ1n) is 3.80. The predicted molar refractivity (Wildman–Crippen MR) is 56.9 cm³/mol. The molecule has 2 aromatic rings. The molecule has 0 aliphatic carbocycles. The lowest BCUT2D eigenvalue weighted by atomic mass is 10.3. The zero-order valence-electron chi connectivity index (χ0n) is 7.24. The highest BCUT2D eigenvalue weighted by Gasteiger charge is 2.03. The standard InChI is InChI=1S/C8H6ClN3OS/c1-14-8-11-5-2-6(9)10-3-4(5)7(13)12-8/h2-3H,1H3,(H,11,12,13). The van der Waals surface area contributed by atoms with Gasteiger partial charge in [0.25, 0.3) is 5.56 Å². The van der Waals surface area contributed by atoms with E-state index in [-0.39, 0.29) is 5.56 Å². The molecule has 0 saturated carbocycles. The van der Waals surface area contributed by atoms with E-state index >= 15 is 0 Å². The minimum atomic E-state index is -0.191. The van der Waals surface area contributed by atoms with Crippen LogP contribution in [-0.2, 0) is 0 Å². The summed E-state index contributed by atoms with van der Waals surface area (Å²) in [5.41, 5.74) is 0.376. The van der Waals surface area contributed by atoms with Crippen molar-refractivity contribution in [1.29, 1.82) is 0 Å². The Labute approximate surface area is 88.7 Å². The number of pyridine rings is 1. The average molecular weight is 228 g/mol. The molecule has 4 nitrogen and oxygen atoms in total. The molecule has 0 amide bonds. The van der Waals surface area contributed by atoms with E-state index in [2.05, 4.69) is 15.0 Å². The van der Waals surface area contributed by atoms with Gasteiger partial charge < -0.3 is 4.98 Å². The molecule has 14 heavy (non-hydrogen) atoms. The van der Waals surface area contributed by atoms with Gasteiger partial charge in [-0.25, -0.2) is 9.97 Å². The van der Waals surface area contributed by atoms with Crippen LogP contribution in [-0.4, -0.2) is 21.2 Å². The molecular formula is C8H6ClN3OS. The first-order valence-corrected chi connectivity index (χ1v) is 5.40. The first-order chi connectivity index (χ1) is 6.70. The minimum Gasteiger partial charge on any atom is -0.301 e. The smallest absolute Gasteiger partial charge is 0.260 e. The molecule has 0 aliphatic rings. The van der Waals surface area contributed by atoms with E-state index in [1.807, 2.05) is 6.26 Å². The Balaban J connectivity index is 2.84. The molecule has 0 fully saturated rings. The monoisotopic (exact) mass is 227 g/mol. The number of nitrogens with one attached hydrogen (secondary N) is 1. The van der Waals surface area contributed by atoms with Gasteiger partial charge in [-0.1, -0.05) is 23.4 Å². The summed E-state index contributed by atoms with van der Waals surface area (Å²) in [6, 6.07) is 1.58. The van der Waals surface area contributed by atoms with Crippen molar-refractivity contribution in [1.82, 2.24) is 15.0 Å². The summed E-state index contributed by atoms with van der Waals surface area (Å²) in [5, 5.41) is 1.36. The van der Waals surface area contributed by atoms with Crippen molar-refractivity contribution in [2.45, 2.75) is 5.16 Å². The Morgan fingerprint density at radius 3 is 3.07 bits per heavy atom. The molecule has 72 valence electrons. The topological polar surface area (TPSA) is 58.6 Å². The highest BCUT2D eigenvalue weighted by atomic mass is 35.5. The van der Waals surface area contributed by atoms with Crippen LogP contribution in [0.4, 0.5) is 0 Å². The summed E-state index contributed by atoms with van der Waals surface area (Å²) in [6.45, 7) is 0. The number of fused-ring (bicyclic) bond motifs is 1. The Bertz CT molecular complexity index is 540. The van der Waals surface area contributed by atoms with Crippen LogP contribution in [0.25, 0.3) is 10.9 Å². The molecule has 0 atom stereocenters. The second-order valence-corrected chi connectivity index (χ2v) is 3.78. The molecule has 1 N–H and O–H groups in total. The fourth-order valence-corrected chi connectivity index (χ4v) is 1.62. The van der Waals surface area contributed by atoms with Gasteiger partial charge in [0.1, 0.15) is 5.15 Å². The molecule has 2 aromatic heterocycles. The van der Waals surface area contributed by atoms with Gasteiger partial charge in [-0.05, 0) is 6.26 Å². The van der Waals surface area contributed by atoms with Crippen LogP contribution in [0.3, 0.4) is 0 Å². The average Bonchev–Trinajstić information content (AvgIpc) is 2.16.